The average Bonchev–Trinajstić information content (AvgIpc) is 3.08. The maximum Gasteiger partial charge on any atom is 0.293 e. The topological polar surface area (TPSA) is 55.8 Å². The van der Waals surface area contributed by atoms with Gasteiger partial charge in [-0.15, -0.1) is 0 Å². The van der Waals surface area contributed by atoms with Crippen molar-refractivity contribution in [2.45, 2.75) is 20.1 Å². The van der Waals surface area contributed by atoms with Crippen LogP contribution >= 0.6 is 69.2 Å². The number of carbonyl (C=O) groups is 2. The molecule has 0 radical (unpaired) electrons. The van der Waals surface area contributed by atoms with Gasteiger partial charge in [-0.1, -0.05) is 46.9 Å². The second-order valence-electron chi connectivity index (χ2n) is 7.79. The van der Waals surface area contributed by atoms with Crippen molar-refractivity contribution in [2.75, 3.05) is 6.61 Å². The molecule has 5 nitrogen and oxygen atoms in total. The van der Waals surface area contributed by atoms with Gasteiger partial charge in [-0.2, -0.15) is 0 Å². The first-order valence-corrected chi connectivity index (χ1v) is 13.9. The van der Waals surface area contributed by atoms with Gasteiger partial charge in [0.05, 0.1) is 21.6 Å². The van der Waals surface area contributed by atoms with Gasteiger partial charge in [-0.25, -0.2) is 4.39 Å². The number of carbonyl (C=O) groups excluding carboxylic acids is 2. The van der Waals surface area contributed by atoms with Crippen molar-refractivity contribution in [1.82, 2.24) is 4.90 Å². The Hall–Kier alpha value is -1.98. The quantitative estimate of drug-likeness (QED) is 0.175. The zero-order valence-electron chi connectivity index (χ0n) is 19.2. The summed E-state index contributed by atoms with van der Waals surface area (Å²) < 4.78 is 25.9. The van der Waals surface area contributed by atoms with E-state index in [2.05, 4.69) is 22.6 Å². The van der Waals surface area contributed by atoms with Crippen LogP contribution in [-0.2, 0) is 17.9 Å². The van der Waals surface area contributed by atoms with Crippen molar-refractivity contribution in [2.24, 2.45) is 0 Å². The number of ether oxygens (including phenoxy) is 2. The fourth-order valence-corrected chi connectivity index (χ4v) is 5.78. The maximum absolute atomic E-state index is 13.4. The molecule has 2 amide bonds. The number of rotatable bonds is 8. The molecule has 37 heavy (non-hydrogen) atoms. The van der Waals surface area contributed by atoms with E-state index in [4.69, 9.17) is 44.3 Å². The lowest BCUT2D eigenvalue weighted by molar-refractivity contribution is -0.123. The molecule has 0 atom stereocenters. The summed E-state index contributed by atoms with van der Waals surface area (Å²) in [5.41, 5.74) is 1.90. The number of hydrogen-bond acceptors (Lipinski definition) is 5. The lowest BCUT2D eigenvalue weighted by Gasteiger charge is -2.15. The van der Waals surface area contributed by atoms with E-state index < -0.39 is 17.0 Å². The molecular weight excluding hydrogens is 675 g/mol. The van der Waals surface area contributed by atoms with E-state index in [-0.39, 0.29) is 23.1 Å². The van der Waals surface area contributed by atoms with Crippen LogP contribution in [0.5, 0.6) is 11.5 Å². The molecule has 0 saturated carbocycles. The Morgan fingerprint density at radius 1 is 1.00 bits per heavy atom. The van der Waals surface area contributed by atoms with Crippen LogP contribution < -0.4 is 9.47 Å². The van der Waals surface area contributed by atoms with Crippen molar-refractivity contribution in [3.05, 3.63) is 94.6 Å². The average molecular weight is 693 g/mol. The second-order valence-corrected chi connectivity index (χ2v) is 11.2. The SMILES string of the molecule is CCOc1cc(/C=C2\SC(=O)N(Cc3ccc(F)cc3Cl)C2=O)cc(I)c1OCc1ccc(Cl)cc1Cl. The van der Waals surface area contributed by atoms with Gasteiger partial charge in [-0.3, -0.25) is 14.5 Å². The molecule has 3 aromatic carbocycles. The second kappa shape index (κ2) is 12.3. The van der Waals surface area contributed by atoms with E-state index in [1.165, 1.54) is 12.1 Å². The minimum atomic E-state index is -0.494. The summed E-state index contributed by atoms with van der Waals surface area (Å²) in [5.74, 6) is 0.0694. The van der Waals surface area contributed by atoms with Crippen LogP contribution in [0.15, 0.2) is 53.4 Å². The first-order valence-electron chi connectivity index (χ1n) is 10.9. The molecule has 1 aliphatic heterocycles. The summed E-state index contributed by atoms with van der Waals surface area (Å²) >= 11 is 21.3. The zero-order chi connectivity index (χ0) is 26.7. The molecule has 0 bridgehead atoms. The fraction of sp³-hybridized carbons (Fsp3) is 0.154. The Balaban J connectivity index is 1.56. The van der Waals surface area contributed by atoms with Gasteiger partial charge in [0.25, 0.3) is 11.1 Å². The summed E-state index contributed by atoms with van der Waals surface area (Å²) in [4.78, 5) is 26.9. The summed E-state index contributed by atoms with van der Waals surface area (Å²) in [5, 5.41) is 0.744. The highest BCUT2D eigenvalue weighted by molar-refractivity contribution is 14.1. The van der Waals surface area contributed by atoms with Crippen LogP contribution in [0.1, 0.15) is 23.6 Å². The number of thioether (sulfide) groups is 1. The highest BCUT2D eigenvalue weighted by Crippen LogP contribution is 2.39. The number of nitrogens with zero attached hydrogens (tertiary/aromatic N) is 1. The van der Waals surface area contributed by atoms with E-state index in [9.17, 15) is 14.0 Å². The molecule has 0 spiro atoms. The molecule has 0 N–H and O–H groups in total. The summed E-state index contributed by atoms with van der Waals surface area (Å²) in [6.45, 7) is 2.40. The van der Waals surface area contributed by atoms with E-state index >= 15 is 0 Å². The molecule has 1 fully saturated rings. The molecular formula is C26H18Cl3FINO4S. The molecule has 11 heteroatoms. The fourth-order valence-electron chi connectivity index (χ4n) is 3.47. The van der Waals surface area contributed by atoms with E-state index in [0.29, 0.717) is 39.3 Å². The van der Waals surface area contributed by atoms with Crippen LogP contribution in [0.3, 0.4) is 0 Å². The van der Waals surface area contributed by atoms with Crippen LogP contribution in [-0.4, -0.2) is 22.7 Å². The summed E-state index contributed by atoms with van der Waals surface area (Å²) in [6.07, 6.45) is 1.63. The third kappa shape index (κ3) is 6.72. The number of amides is 2. The zero-order valence-corrected chi connectivity index (χ0v) is 24.4. The Bertz CT molecular complexity index is 1420. The number of halogens is 5. The lowest BCUT2D eigenvalue weighted by Crippen LogP contribution is -2.27. The number of hydrogen-bond donors (Lipinski definition) is 0. The smallest absolute Gasteiger partial charge is 0.293 e. The van der Waals surface area contributed by atoms with Crippen molar-refractivity contribution in [3.8, 4) is 11.5 Å². The first-order chi connectivity index (χ1) is 17.7. The van der Waals surface area contributed by atoms with E-state index in [0.717, 1.165) is 31.9 Å². The predicted octanol–water partition coefficient (Wildman–Crippen LogP) is 8.60. The van der Waals surface area contributed by atoms with Gasteiger partial charge in [0, 0.05) is 20.6 Å². The minimum Gasteiger partial charge on any atom is -0.490 e. The van der Waals surface area contributed by atoms with Gasteiger partial charge in [0.2, 0.25) is 0 Å². The third-order valence-corrected chi connectivity index (χ3v) is 7.88. The molecule has 0 aliphatic carbocycles. The molecule has 3 aromatic rings. The van der Waals surface area contributed by atoms with Crippen molar-refractivity contribution in [1.29, 1.82) is 0 Å². The lowest BCUT2D eigenvalue weighted by atomic mass is 10.1. The molecule has 1 aliphatic rings. The van der Waals surface area contributed by atoms with Crippen LogP contribution in [0, 0.1) is 9.39 Å². The van der Waals surface area contributed by atoms with Gasteiger partial charge < -0.3 is 9.47 Å². The minimum absolute atomic E-state index is 0.0527. The molecule has 192 valence electrons. The summed E-state index contributed by atoms with van der Waals surface area (Å²) in [6, 6.07) is 12.6. The van der Waals surface area contributed by atoms with Crippen LogP contribution in [0.4, 0.5) is 9.18 Å². The van der Waals surface area contributed by atoms with Gasteiger partial charge in [0.15, 0.2) is 11.5 Å². The number of imide groups is 1. The van der Waals surface area contributed by atoms with Gasteiger partial charge >= 0.3 is 0 Å². The molecule has 0 aromatic heterocycles. The van der Waals surface area contributed by atoms with Gasteiger partial charge in [-0.05, 0) is 94.9 Å². The highest BCUT2D eigenvalue weighted by Gasteiger charge is 2.35. The molecule has 4 rings (SSSR count). The maximum atomic E-state index is 13.4. The Morgan fingerprint density at radius 3 is 2.43 bits per heavy atom. The predicted molar refractivity (Wildman–Crippen MR) is 154 cm³/mol. The molecule has 1 saturated heterocycles. The van der Waals surface area contributed by atoms with Gasteiger partial charge in [0.1, 0.15) is 12.4 Å². The first kappa shape index (κ1) is 28.0. The largest absolute Gasteiger partial charge is 0.490 e. The molecule has 1 heterocycles. The van der Waals surface area contributed by atoms with Crippen molar-refractivity contribution in [3.63, 3.8) is 0 Å². The Labute approximate surface area is 246 Å². The normalized spacial score (nSPS) is 14.5. The Kier molecular flexibility index (Phi) is 9.29. The highest BCUT2D eigenvalue weighted by atomic mass is 127. The Morgan fingerprint density at radius 2 is 1.73 bits per heavy atom. The van der Waals surface area contributed by atoms with E-state index in [1.54, 1.807) is 30.3 Å². The third-order valence-electron chi connectivity index (χ3n) is 5.23. The van der Waals surface area contributed by atoms with Crippen LogP contribution in [0.2, 0.25) is 15.1 Å². The number of benzene rings is 3. The monoisotopic (exact) mass is 691 g/mol. The van der Waals surface area contributed by atoms with E-state index in [1.807, 2.05) is 13.0 Å². The van der Waals surface area contributed by atoms with Crippen molar-refractivity contribution >= 4 is 86.4 Å². The molecule has 0 unspecified atom stereocenters. The standard InChI is InChI=1S/C26H18Cl3FINO4S/c1-2-35-22-8-14(7-21(31)24(22)36-13-16-3-5-17(27)10-19(16)28)9-23-25(33)32(26(34)37-23)12-15-4-6-18(30)11-20(15)29/h3-11H,2,12-13H2,1H3/b23-9-. The van der Waals surface area contributed by atoms with Crippen molar-refractivity contribution < 1.29 is 23.5 Å². The summed E-state index contributed by atoms with van der Waals surface area (Å²) in [7, 11) is 0. The van der Waals surface area contributed by atoms with Crippen LogP contribution in [0.25, 0.3) is 6.08 Å².